The highest BCUT2D eigenvalue weighted by molar-refractivity contribution is 8.14. The summed E-state index contributed by atoms with van der Waals surface area (Å²) in [5.74, 6) is -8.94. The van der Waals surface area contributed by atoms with Crippen molar-refractivity contribution in [3.8, 4) is 0 Å². The first kappa shape index (κ1) is 86.7. The molecule has 1 aliphatic carbocycles. The maximum atomic E-state index is 15.1. The fraction of sp³-hybridized carbons (Fsp3) is 0.444. The molecule has 4 aliphatic heterocycles. The highest BCUT2D eigenvalue weighted by atomic mass is 32.2. The van der Waals surface area contributed by atoms with Crippen molar-refractivity contribution in [2.75, 3.05) is 5.75 Å². The van der Waals surface area contributed by atoms with Crippen molar-refractivity contribution < 1.29 is 86.1 Å². The van der Waals surface area contributed by atoms with E-state index in [1.54, 1.807) is 24.5 Å². The third-order valence-electron chi connectivity index (χ3n) is 18.9. The summed E-state index contributed by atoms with van der Waals surface area (Å²) >= 11 is 9.90. The average Bonchev–Trinajstić information content (AvgIpc) is 1.46. The Morgan fingerprint density at radius 2 is 1.50 bits per heavy atom. The van der Waals surface area contributed by atoms with Gasteiger partial charge in [0.15, 0.2) is 11.9 Å². The lowest BCUT2D eigenvalue weighted by atomic mass is 9.79. The van der Waals surface area contributed by atoms with Crippen LogP contribution in [0, 0.1) is 5.41 Å². The van der Waals surface area contributed by atoms with Crippen LogP contribution in [0.2, 0.25) is 0 Å². The fourth-order valence-corrected chi connectivity index (χ4v) is 17.4. The molecule has 12 unspecified atom stereocenters. The summed E-state index contributed by atoms with van der Waals surface area (Å²) in [5.41, 5.74) is -5.89. The minimum atomic E-state index is -2.14. The molecule has 1 fully saturated rings. The maximum absolute atomic E-state index is 15.1. The maximum Gasteiger partial charge on any atom is 0.357 e. The molecule has 36 nitrogen and oxygen atoms in total. The molecule has 0 amide bonds. The second kappa shape index (κ2) is 36.4. The number of thiazole rings is 4. The summed E-state index contributed by atoms with van der Waals surface area (Å²) in [6, 6.07) is -11.5. The predicted octanol–water partition coefficient (Wildman–Crippen LogP) is 9.79. The van der Waals surface area contributed by atoms with Gasteiger partial charge in [0.1, 0.15) is 124 Å². The van der Waals surface area contributed by atoms with Gasteiger partial charge in [0.25, 0.3) is 0 Å². The second-order valence-corrected chi connectivity index (χ2v) is 32.3. The zero-order valence-corrected chi connectivity index (χ0v) is 67.8. The molecule has 42 heteroatoms. The van der Waals surface area contributed by atoms with Crippen molar-refractivity contribution in [3.63, 3.8) is 0 Å². The van der Waals surface area contributed by atoms with Crippen LogP contribution in [-0.2, 0) is 10.3 Å². The van der Waals surface area contributed by atoms with Crippen LogP contribution in [0.4, 0.5) is 0 Å². The molecule has 0 saturated carbocycles. The van der Waals surface area contributed by atoms with Crippen molar-refractivity contribution in [2.24, 2.45) is 54.9 Å². The molecule has 0 spiro atoms. The number of hydrogen-bond acceptors (Lipinski definition) is 31. The highest BCUT2D eigenvalue weighted by Crippen LogP contribution is 2.51. The first-order valence-electron chi connectivity index (χ1n) is 35.5. The Kier molecular flexibility index (Phi) is 27.7. The van der Waals surface area contributed by atoms with Gasteiger partial charge in [0.05, 0.1) is 59.6 Å². The summed E-state index contributed by atoms with van der Waals surface area (Å²) < 4.78 is 6.37. The number of esters is 1. The van der Waals surface area contributed by atoms with E-state index < -0.39 is 184 Å². The largest absolute Gasteiger partial charge is 0.495 e. The number of aliphatic imine (C=N–C) groups is 11. The van der Waals surface area contributed by atoms with Crippen LogP contribution in [0.1, 0.15) is 201 Å². The van der Waals surface area contributed by atoms with Crippen LogP contribution in [0.25, 0.3) is 6.08 Å². The van der Waals surface area contributed by atoms with E-state index in [-0.39, 0.29) is 106 Å². The van der Waals surface area contributed by atoms with Gasteiger partial charge in [0.2, 0.25) is 53.1 Å². The van der Waals surface area contributed by atoms with E-state index >= 15 is 4.79 Å². The lowest BCUT2D eigenvalue weighted by molar-refractivity contribution is -0.0698. The number of nitrogens with one attached hydrogen (secondary N) is 3. The predicted molar refractivity (Wildman–Crippen MR) is 444 cm³/mol. The molecular formula is C72H87N19O17S6. The minimum Gasteiger partial charge on any atom is -0.495 e. The fourth-order valence-electron chi connectivity index (χ4n) is 12.2. The van der Waals surface area contributed by atoms with Crippen molar-refractivity contribution in [1.82, 2.24) is 35.6 Å². The number of fused-ring (bicyclic) bond motifs is 7. The van der Waals surface area contributed by atoms with Gasteiger partial charge in [0, 0.05) is 32.8 Å². The van der Waals surface area contributed by atoms with E-state index in [0.29, 0.717) is 12.8 Å². The lowest BCUT2D eigenvalue weighted by Gasteiger charge is -2.43. The van der Waals surface area contributed by atoms with Crippen LogP contribution in [-0.4, -0.2) is 242 Å². The Morgan fingerprint density at radius 1 is 0.798 bits per heavy atom. The Balaban J connectivity index is 1.23. The molecule has 114 heavy (non-hydrogen) atoms. The second-order valence-electron chi connectivity index (χ2n) is 27.3. The summed E-state index contributed by atoms with van der Waals surface area (Å²) in [6.07, 6.45) is -1.31. The van der Waals surface area contributed by atoms with E-state index in [1.807, 2.05) is 6.92 Å². The number of nitrogens with zero attached hydrogens (tertiary/aromatic N) is 16. The van der Waals surface area contributed by atoms with E-state index in [0.717, 1.165) is 57.1 Å². The van der Waals surface area contributed by atoms with Gasteiger partial charge < -0.3 is 81.3 Å². The lowest BCUT2D eigenvalue weighted by Crippen LogP contribution is -2.48. The summed E-state index contributed by atoms with van der Waals surface area (Å²) in [5, 5.41) is 193. The van der Waals surface area contributed by atoms with Gasteiger partial charge in [-0.15, -0.1) is 69.7 Å². The minimum absolute atomic E-state index is 0.0117. The topological polar surface area (TPSA) is 578 Å². The van der Waals surface area contributed by atoms with E-state index in [9.17, 15) is 76.6 Å². The quantitative estimate of drug-likeness (QED) is 0.0225. The zero-order chi connectivity index (χ0) is 83.3. The number of aromatic nitrogens is 5. The van der Waals surface area contributed by atoms with Gasteiger partial charge in [-0.1, -0.05) is 57.7 Å². The third kappa shape index (κ3) is 19.3. The molecule has 0 aromatic carbocycles. The molecule has 13 bridgehead atoms. The summed E-state index contributed by atoms with van der Waals surface area (Å²) in [4.78, 5) is 87.7. The van der Waals surface area contributed by atoms with Crippen molar-refractivity contribution in [3.05, 3.63) is 148 Å². The SMILES string of the molecule is C=C(N=C(O)C(=C)N=C(O)c1csc(C2CC[C@@]34N=C(O)[C@H](C)N=C(O)C(=C)N=C(O)C(C)N=C(O)C(CCCC)N[C@@H]5C=Cc6c(C(C)O)cc(nc6[C@H]5O)C(=O)OC(C)C(N=C(S)c5csc(n5)C(C(C)(O)C(C)O)N=C(O)C5CSC(=N5)/C(=C/C)N=C(O)C(C(C)O)N=C(O)c5csc3n5)c3nc(cs3)[C@H]4N2)n1)C(=N)O. The van der Waals surface area contributed by atoms with E-state index in [4.69, 9.17) is 52.7 Å². The normalized spacial score (nSPS) is 27.7. The van der Waals surface area contributed by atoms with Gasteiger partial charge in [-0.2, -0.15) is 0 Å². The first-order valence-corrected chi connectivity index (χ1v) is 40.5. The number of aliphatic hydroxyl groups excluding tert-OH is 14. The Morgan fingerprint density at radius 3 is 2.18 bits per heavy atom. The molecule has 0 radical (unpaired) electrons. The van der Waals surface area contributed by atoms with Gasteiger partial charge >= 0.3 is 5.97 Å². The molecule has 1 saturated heterocycles. The molecule has 5 aromatic heterocycles. The molecule has 10 rings (SSSR count). The number of aliphatic hydroxyl groups is 15. The number of cyclic esters (lactones) is 1. The third-order valence-corrected chi connectivity index (χ3v) is 24.1. The van der Waals surface area contributed by atoms with Crippen molar-refractivity contribution in [1.29, 1.82) is 5.41 Å². The van der Waals surface area contributed by atoms with Gasteiger partial charge in [-0.05, 0) is 86.3 Å². The molecule has 9 heterocycles. The Bertz CT molecular complexity index is 4970. The summed E-state index contributed by atoms with van der Waals surface area (Å²) in [6.45, 7) is 23.9. The number of carbonyl (C=O) groups excluding carboxylic acids is 1. The number of piperidine rings is 1. The number of carbonyl (C=O) groups is 1. The van der Waals surface area contributed by atoms with Crippen molar-refractivity contribution in [2.45, 2.75) is 196 Å². The van der Waals surface area contributed by atoms with Crippen LogP contribution < -0.4 is 10.6 Å². The highest BCUT2D eigenvalue weighted by Gasteiger charge is 2.52. The molecule has 5 aromatic rings. The van der Waals surface area contributed by atoms with Crippen LogP contribution in [0.15, 0.2) is 137 Å². The smallest absolute Gasteiger partial charge is 0.357 e. The van der Waals surface area contributed by atoms with Gasteiger partial charge in [-0.3, -0.25) is 26.0 Å². The number of thiol groups is 1. The van der Waals surface area contributed by atoms with Crippen LogP contribution in [0.5, 0.6) is 0 Å². The molecule has 18 N–H and O–H groups in total. The number of allylic oxidation sites excluding steroid dienone is 1. The number of unbranched alkanes of at least 4 members (excludes halogenated alkanes) is 1. The number of thioether (sulfide) groups is 1. The Labute approximate surface area is 678 Å². The monoisotopic (exact) mass is 1680 g/mol. The number of pyridine rings is 1. The molecule has 608 valence electrons. The first-order chi connectivity index (χ1) is 53.8. The standard InChI is InChI=1S/C72H87N19O17S6/c1-13-15-16-40-59(101)77-30(6)57(99)75-28(4)56(98)76-31(7)58(100)91-72-20-19-41(66-85-44(23-111-66)60(102)78-29(5)55(97)74-27(3)54(73)96)81-52(72)43-22-112-67(83-43)49(34(10)108-69(106)42-21-37(32(8)92)36-17-18-39(79-40)51(95)50(36)80-42)89-64(109)47-26-113-68(86-47)53(71(12,107)35(11)94)90-62(104)45-24-110-65(84-45)38(14-2)82-63(105)48(33(9)93)88-61(103)46-25-114-70(72)87-46/h14,17-18,21-23,25-26,30-35,39-41,45,48-49,51-53,79,81,92-95,107H,3-5,13,15-16,19-20,24H2,1-2,6-12H3,(H2,73,96)(H,74,97)(H,75,99)(H,76,98)(H,77,101)(H,78,102)(H,82,105)(H,88,103)(H,89,109)(H,90,104)(H,91,100)/b38-14-/t30?,31-,32?,33?,34?,35?,39+,40?,41?,45?,48?,49?,51-,52+,53?,71?,72-/m0/s1. The number of ether oxygens (including phenoxy) is 1. The number of hydrogen-bond donors (Lipinski definition) is 19. The average molecular weight is 1680 g/mol. The van der Waals surface area contributed by atoms with Crippen molar-refractivity contribution >= 4 is 151 Å². The van der Waals surface area contributed by atoms with E-state index in [1.165, 1.54) is 76.7 Å². The molecule has 5 aliphatic rings. The number of rotatable bonds is 13. The molecule has 17 atom stereocenters. The van der Waals surface area contributed by atoms with Crippen LogP contribution in [0.3, 0.4) is 0 Å². The zero-order valence-electron chi connectivity index (χ0n) is 62.8. The van der Waals surface area contributed by atoms with Crippen LogP contribution >= 0.6 is 69.7 Å². The molecular weight excluding hydrogens is 1600 g/mol. The summed E-state index contributed by atoms with van der Waals surface area (Å²) in [7, 11) is 0. The Hall–Kier alpha value is -9.70. The van der Waals surface area contributed by atoms with E-state index in [2.05, 4.69) is 80.3 Å². The van der Waals surface area contributed by atoms with Gasteiger partial charge in [-0.25, -0.2) is 74.6 Å².